The van der Waals surface area contributed by atoms with E-state index >= 15 is 0 Å². The molecule has 0 saturated heterocycles. The Morgan fingerprint density at radius 2 is 1.65 bits per heavy atom. The molecule has 0 aliphatic heterocycles. The molecule has 0 spiro atoms. The van der Waals surface area contributed by atoms with Crippen LogP contribution in [0.25, 0.3) is 0 Å². The van der Waals surface area contributed by atoms with Crippen LogP contribution in [0.5, 0.6) is 0 Å². The fourth-order valence-electron chi connectivity index (χ4n) is 1.87. The summed E-state index contributed by atoms with van der Waals surface area (Å²) in [4.78, 5) is 25.1. The summed E-state index contributed by atoms with van der Waals surface area (Å²) >= 11 is 0. The van der Waals surface area contributed by atoms with Gasteiger partial charge < -0.3 is 10.2 Å². The molecule has 0 fully saturated rings. The van der Waals surface area contributed by atoms with Crippen molar-refractivity contribution in [2.75, 3.05) is 18.5 Å². The lowest BCUT2D eigenvalue weighted by Crippen LogP contribution is -2.38. The Bertz CT molecular complexity index is 736. The van der Waals surface area contributed by atoms with E-state index in [0.717, 1.165) is 6.07 Å². The zero-order valence-corrected chi connectivity index (χ0v) is 12.1. The lowest BCUT2D eigenvalue weighted by Gasteiger charge is -2.17. The van der Waals surface area contributed by atoms with Gasteiger partial charge in [0.05, 0.1) is 12.1 Å². The summed E-state index contributed by atoms with van der Waals surface area (Å²) in [5.41, 5.74) is -0.0511. The summed E-state index contributed by atoms with van der Waals surface area (Å²) in [6, 6.07) is 10.1. The Morgan fingerprint density at radius 3 is 2.30 bits per heavy atom. The second kappa shape index (κ2) is 6.95. The molecular formula is C16H13F3N2O2. The van der Waals surface area contributed by atoms with Crippen LogP contribution in [-0.2, 0) is 4.79 Å². The van der Waals surface area contributed by atoms with Crippen LogP contribution in [0.4, 0.5) is 18.9 Å². The third kappa shape index (κ3) is 3.68. The number of carbonyl (C=O) groups excluding carboxylic acids is 2. The zero-order valence-electron chi connectivity index (χ0n) is 12.1. The minimum absolute atomic E-state index is 0.414. The molecule has 7 heteroatoms. The first-order chi connectivity index (χ1) is 10.9. The molecule has 0 bridgehead atoms. The van der Waals surface area contributed by atoms with Crippen LogP contribution in [0.15, 0.2) is 42.5 Å². The molecule has 2 amide bonds. The van der Waals surface area contributed by atoms with Gasteiger partial charge in [-0.15, -0.1) is 0 Å². The lowest BCUT2D eigenvalue weighted by molar-refractivity contribution is -0.117. The van der Waals surface area contributed by atoms with Gasteiger partial charge in [-0.2, -0.15) is 0 Å². The Kier molecular flexibility index (Phi) is 5.00. The number of benzene rings is 2. The van der Waals surface area contributed by atoms with Gasteiger partial charge in [0.2, 0.25) is 5.91 Å². The molecular weight excluding hydrogens is 309 g/mol. The van der Waals surface area contributed by atoms with Crippen LogP contribution in [0, 0.1) is 17.5 Å². The first kappa shape index (κ1) is 16.5. The van der Waals surface area contributed by atoms with Crippen molar-refractivity contribution in [3.05, 3.63) is 65.5 Å². The summed E-state index contributed by atoms with van der Waals surface area (Å²) in [6.45, 7) is -0.414. The molecule has 0 aliphatic carbocycles. The number of nitrogens with one attached hydrogen (secondary N) is 1. The standard InChI is InChI=1S/C16H13F3N2O2/c1-21(10-5-3-2-4-6-10)13(22)9-20-16(23)11-7-8-12(17)15(19)14(11)18/h2-8H,9H2,1H3,(H,20,23). The average molecular weight is 322 g/mol. The highest BCUT2D eigenvalue weighted by molar-refractivity contribution is 6.00. The molecule has 0 unspecified atom stereocenters. The van der Waals surface area contributed by atoms with Crippen molar-refractivity contribution in [3.8, 4) is 0 Å². The second-order valence-electron chi connectivity index (χ2n) is 4.69. The van der Waals surface area contributed by atoms with Crippen LogP contribution in [0.1, 0.15) is 10.4 Å². The van der Waals surface area contributed by atoms with Gasteiger partial charge in [-0.1, -0.05) is 18.2 Å². The maximum absolute atomic E-state index is 13.5. The van der Waals surface area contributed by atoms with Crippen molar-refractivity contribution in [2.45, 2.75) is 0 Å². The molecule has 0 heterocycles. The fourth-order valence-corrected chi connectivity index (χ4v) is 1.87. The highest BCUT2D eigenvalue weighted by Gasteiger charge is 2.20. The number of hydrogen-bond acceptors (Lipinski definition) is 2. The number of hydrogen-bond donors (Lipinski definition) is 1. The predicted octanol–water partition coefficient (Wildman–Crippen LogP) is 2.50. The number of nitrogens with zero attached hydrogens (tertiary/aromatic N) is 1. The Morgan fingerprint density at radius 1 is 1.00 bits per heavy atom. The largest absolute Gasteiger partial charge is 0.343 e. The van der Waals surface area contributed by atoms with E-state index in [1.165, 1.54) is 11.9 Å². The summed E-state index contributed by atoms with van der Waals surface area (Å²) in [6.07, 6.45) is 0. The SMILES string of the molecule is CN(C(=O)CNC(=O)c1ccc(F)c(F)c1F)c1ccccc1. The number of rotatable bonds is 4. The van der Waals surface area contributed by atoms with Gasteiger partial charge in [0.1, 0.15) is 0 Å². The number of amides is 2. The van der Waals surface area contributed by atoms with Crippen molar-refractivity contribution < 1.29 is 22.8 Å². The molecule has 1 N–H and O–H groups in total. The van der Waals surface area contributed by atoms with Crippen molar-refractivity contribution in [1.29, 1.82) is 0 Å². The maximum atomic E-state index is 13.5. The smallest absolute Gasteiger partial charge is 0.254 e. The molecule has 0 aromatic heterocycles. The highest BCUT2D eigenvalue weighted by Crippen LogP contribution is 2.15. The van der Waals surface area contributed by atoms with Crippen molar-refractivity contribution in [3.63, 3.8) is 0 Å². The van der Waals surface area contributed by atoms with E-state index in [-0.39, 0.29) is 0 Å². The fraction of sp³-hybridized carbons (Fsp3) is 0.125. The minimum Gasteiger partial charge on any atom is -0.343 e. The van der Waals surface area contributed by atoms with E-state index in [1.54, 1.807) is 30.3 Å². The summed E-state index contributed by atoms with van der Waals surface area (Å²) < 4.78 is 39.4. The van der Waals surface area contributed by atoms with Crippen molar-refractivity contribution in [1.82, 2.24) is 5.32 Å². The molecule has 120 valence electrons. The number of carbonyl (C=O) groups is 2. The molecule has 0 atom stereocenters. The first-order valence-electron chi connectivity index (χ1n) is 6.65. The van der Waals surface area contributed by atoms with Crippen molar-refractivity contribution in [2.24, 2.45) is 0 Å². The van der Waals surface area contributed by atoms with Crippen molar-refractivity contribution >= 4 is 17.5 Å². The van der Waals surface area contributed by atoms with E-state index in [0.29, 0.717) is 11.8 Å². The van der Waals surface area contributed by atoms with Gasteiger partial charge in [0.25, 0.3) is 5.91 Å². The highest BCUT2D eigenvalue weighted by atomic mass is 19.2. The maximum Gasteiger partial charge on any atom is 0.254 e. The van der Waals surface area contributed by atoms with Crippen LogP contribution >= 0.6 is 0 Å². The Balaban J connectivity index is 2.02. The number of halogens is 3. The van der Waals surface area contributed by atoms with Crippen LogP contribution in [0.2, 0.25) is 0 Å². The molecule has 2 aromatic rings. The number of para-hydroxylation sites is 1. The van der Waals surface area contributed by atoms with E-state index in [4.69, 9.17) is 0 Å². The van der Waals surface area contributed by atoms with Crippen LogP contribution in [-0.4, -0.2) is 25.4 Å². The third-order valence-corrected chi connectivity index (χ3v) is 3.20. The van der Waals surface area contributed by atoms with E-state index < -0.39 is 41.4 Å². The number of anilines is 1. The molecule has 2 aromatic carbocycles. The molecule has 4 nitrogen and oxygen atoms in total. The minimum atomic E-state index is -1.73. The topological polar surface area (TPSA) is 49.4 Å². The first-order valence-corrected chi connectivity index (χ1v) is 6.65. The van der Waals surface area contributed by atoms with Crippen LogP contribution in [0.3, 0.4) is 0 Å². The van der Waals surface area contributed by atoms with Gasteiger partial charge in [-0.3, -0.25) is 9.59 Å². The Hall–Kier alpha value is -2.83. The summed E-state index contributed by atoms with van der Waals surface area (Å²) in [5.74, 6) is -6.17. The molecule has 2 rings (SSSR count). The molecule has 0 aliphatic rings. The second-order valence-corrected chi connectivity index (χ2v) is 4.69. The van der Waals surface area contributed by atoms with Gasteiger partial charge in [0, 0.05) is 12.7 Å². The van der Waals surface area contributed by atoms with Crippen LogP contribution < -0.4 is 10.2 Å². The Labute approximate surface area is 130 Å². The zero-order chi connectivity index (χ0) is 17.0. The van der Waals surface area contributed by atoms with E-state index in [9.17, 15) is 22.8 Å². The normalized spacial score (nSPS) is 10.3. The number of likely N-dealkylation sites (N-methyl/N-ethyl adjacent to an activating group) is 1. The molecule has 23 heavy (non-hydrogen) atoms. The van der Waals surface area contributed by atoms with Gasteiger partial charge in [-0.05, 0) is 24.3 Å². The van der Waals surface area contributed by atoms with Gasteiger partial charge in [0.15, 0.2) is 17.5 Å². The van der Waals surface area contributed by atoms with E-state index in [1.807, 2.05) is 0 Å². The average Bonchev–Trinajstić information content (AvgIpc) is 2.57. The van der Waals surface area contributed by atoms with E-state index in [2.05, 4.69) is 5.32 Å². The summed E-state index contributed by atoms with van der Waals surface area (Å²) in [5, 5.41) is 2.18. The monoisotopic (exact) mass is 322 g/mol. The summed E-state index contributed by atoms with van der Waals surface area (Å²) in [7, 11) is 1.52. The van der Waals surface area contributed by atoms with Gasteiger partial charge in [-0.25, -0.2) is 13.2 Å². The molecule has 0 radical (unpaired) electrons. The lowest BCUT2D eigenvalue weighted by atomic mass is 10.2. The quantitative estimate of drug-likeness (QED) is 0.879. The van der Waals surface area contributed by atoms with Gasteiger partial charge >= 0.3 is 0 Å². The third-order valence-electron chi connectivity index (χ3n) is 3.20. The predicted molar refractivity (Wildman–Crippen MR) is 78.5 cm³/mol. The molecule has 0 saturated carbocycles.